The molecule has 1 spiro atoms. The zero-order valence-electron chi connectivity index (χ0n) is 18.4. The van der Waals surface area contributed by atoms with E-state index in [9.17, 15) is 9.90 Å². The first-order valence-electron chi connectivity index (χ1n) is 11.5. The number of benzene rings is 2. The highest BCUT2D eigenvalue weighted by atomic mass is 16.5. The summed E-state index contributed by atoms with van der Waals surface area (Å²) < 4.78 is 12.4. The number of methoxy groups -OCH3 is 1. The van der Waals surface area contributed by atoms with Gasteiger partial charge in [-0.15, -0.1) is 0 Å². The van der Waals surface area contributed by atoms with E-state index < -0.39 is 17.1 Å². The molecule has 3 aromatic rings. The van der Waals surface area contributed by atoms with Gasteiger partial charge in [0, 0.05) is 29.0 Å². The smallest absolute Gasteiger partial charge is 0.256 e. The minimum Gasteiger partial charge on any atom is -0.493 e. The highest BCUT2D eigenvalue weighted by Gasteiger charge is 2.72. The number of aromatic nitrogens is 1. The standard InChI is InChI=1S/C26H23N3O4/c1-29-9-8-25-19-12-6-7-16(32-2)22(19)33-23(25)21-14(11-26(25,31)17(29)10-12)20-18-13(24(30)28-20)4-3-5-15(18)27-21/h3-7,17,23,31H,8-11H2,1-2H3,(H,28,30)/t17?,23?,25-,26?/m0/s1. The second-order valence-electron chi connectivity index (χ2n) is 10.2. The fraction of sp³-hybridized carbons (Fsp3) is 0.385. The third-order valence-electron chi connectivity index (χ3n) is 9.01. The number of hydrogen-bond acceptors (Lipinski definition) is 6. The summed E-state index contributed by atoms with van der Waals surface area (Å²) in [6.45, 7) is 0.875. The predicted octanol–water partition coefficient (Wildman–Crippen LogP) is 2.73. The van der Waals surface area contributed by atoms with Crippen molar-refractivity contribution in [2.75, 3.05) is 26.0 Å². The number of piperidine rings is 1. The molecule has 7 heteroatoms. The summed E-state index contributed by atoms with van der Waals surface area (Å²) in [5, 5.41) is 16.6. The lowest BCUT2D eigenvalue weighted by atomic mass is 9.49. The van der Waals surface area contributed by atoms with Crippen molar-refractivity contribution >= 4 is 22.5 Å². The Morgan fingerprint density at radius 3 is 3.03 bits per heavy atom. The first kappa shape index (κ1) is 18.3. The highest BCUT2D eigenvalue weighted by Crippen LogP contribution is 2.69. The van der Waals surface area contributed by atoms with E-state index in [0.29, 0.717) is 17.7 Å². The summed E-state index contributed by atoms with van der Waals surface area (Å²) in [4.78, 5) is 20.1. The average Bonchev–Trinajstić information content (AvgIpc) is 3.34. The zero-order valence-corrected chi connectivity index (χ0v) is 18.4. The maximum absolute atomic E-state index is 12.8. The lowest BCUT2D eigenvalue weighted by molar-refractivity contribution is -0.167. The number of ether oxygens (including phenoxy) is 2. The van der Waals surface area contributed by atoms with Crippen molar-refractivity contribution in [1.82, 2.24) is 9.88 Å². The topological polar surface area (TPSA) is 83.9 Å². The molecule has 2 aromatic carbocycles. The van der Waals surface area contributed by atoms with Crippen LogP contribution in [0.5, 0.6) is 11.5 Å². The van der Waals surface area contributed by atoms with Crippen LogP contribution < -0.4 is 14.8 Å². The molecule has 1 amide bonds. The van der Waals surface area contributed by atoms with Gasteiger partial charge >= 0.3 is 0 Å². The molecule has 2 bridgehead atoms. The minimum absolute atomic E-state index is 0.0485. The van der Waals surface area contributed by atoms with Gasteiger partial charge in [-0.25, -0.2) is 4.98 Å². The summed E-state index contributed by atoms with van der Waals surface area (Å²) in [6.07, 6.45) is 1.52. The van der Waals surface area contributed by atoms with E-state index in [1.807, 2.05) is 24.3 Å². The van der Waals surface area contributed by atoms with Gasteiger partial charge in [0.25, 0.3) is 5.91 Å². The molecule has 3 aliphatic heterocycles. The van der Waals surface area contributed by atoms with Gasteiger partial charge in [-0.1, -0.05) is 12.1 Å². The molecule has 166 valence electrons. The number of nitrogens with zero attached hydrogens (tertiary/aromatic N) is 2. The van der Waals surface area contributed by atoms with E-state index in [4.69, 9.17) is 14.5 Å². The maximum Gasteiger partial charge on any atom is 0.256 e. The van der Waals surface area contributed by atoms with Gasteiger partial charge in [0.1, 0.15) is 0 Å². The molecule has 33 heavy (non-hydrogen) atoms. The highest BCUT2D eigenvalue weighted by molar-refractivity contribution is 6.24. The van der Waals surface area contributed by atoms with Gasteiger partial charge in [0.15, 0.2) is 17.6 Å². The number of fused-ring (bicyclic) bond motifs is 3. The normalized spacial score (nSPS) is 32.3. The number of rotatable bonds is 1. The largest absolute Gasteiger partial charge is 0.493 e. The second-order valence-corrected chi connectivity index (χ2v) is 10.2. The van der Waals surface area contributed by atoms with Crippen molar-refractivity contribution in [3.8, 4) is 11.5 Å². The molecule has 4 atom stereocenters. The van der Waals surface area contributed by atoms with Crippen LogP contribution in [0.4, 0.5) is 5.69 Å². The van der Waals surface area contributed by atoms with Crippen LogP contribution in [0.3, 0.4) is 0 Å². The molecule has 2 N–H and O–H groups in total. The quantitative estimate of drug-likeness (QED) is 0.604. The number of likely N-dealkylation sites (tertiary alicyclic amines) is 1. The van der Waals surface area contributed by atoms with Crippen molar-refractivity contribution in [1.29, 1.82) is 0 Å². The predicted molar refractivity (Wildman–Crippen MR) is 121 cm³/mol. The lowest BCUT2D eigenvalue weighted by Gasteiger charge is -2.62. The summed E-state index contributed by atoms with van der Waals surface area (Å²) in [6, 6.07) is 9.72. The number of amides is 1. The minimum atomic E-state index is -1.05. The number of carbonyl (C=O) groups excluding carboxylic acids is 1. The SMILES string of the molecule is COc1ccc2c3c1OC1c4nc5cccc6c5c(c4CC4(O)C(C2)N(C)CC[C@]314)NC6=O. The van der Waals surface area contributed by atoms with Crippen LogP contribution in [-0.4, -0.2) is 53.2 Å². The van der Waals surface area contributed by atoms with Crippen LogP contribution in [0, 0.1) is 0 Å². The number of hydrogen-bond donors (Lipinski definition) is 2. The Morgan fingerprint density at radius 1 is 1.30 bits per heavy atom. The number of pyridine rings is 1. The lowest BCUT2D eigenvalue weighted by Crippen LogP contribution is -2.74. The molecule has 5 aliphatic rings. The van der Waals surface area contributed by atoms with Gasteiger partial charge in [0.2, 0.25) is 0 Å². The molecule has 2 aliphatic carbocycles. The first-order valence-corrected chi connectivity index (χ1v) is 11.5. The van der Waals surface area contributed by atoms with Crippen LogP contribution in [0.1, 0.15) is 45.3 Å². The number of aliphatic hydroxyl groups is 1. The fourth-order valence-corrected chi connectivity index (χ4v) is 7.62. The molecule has 8 rings (SSSR count). The molecule has 1 aromatic heterocycles. The zero-order chi connectivity index (χ0) is 22.3. The summed E-state index contributed by atoms with van der Waals surface area (Å²) in [7, 11) is 3.76. The molecule has 1 fully saturated rings. The average molecular weight is 441 g/mol. The van der Waals surface area contributed by atoms with E-state index in [-0.39, 0.29) is 11.9 Å². The van der Waals surface area contributed by atoms with E-state index in [1.165, 1.54) is 5.56 Å². The summed E-state index contributed by atoms with van der Waals surface area (Å²) in [5.74, 6) is 1.32. The van der Waals surface area contributed by atoms with Crippen LogP contribution in [0.15, 0.2) is 30.3 Å². The van der Waals surface area contributed by atoms with E-state index in [1.54, 1.807) is 7.11 Å². The molecular weight excluding hydrogens is 418 g/mol. The number of carbonyl (C=O) groups is 1. The van der Waals surface area contributed by atoms with Crippen LogP contribution in [-0.2, 0) is 18.3 Å². The van der Waals surface area contributed by atoms with Crippen molar-refractivity contribution in [3.63, 3.8) is 0 Å². The first-order chi connectivity index (χ1) is 16.0. The second kappa shape index (κ2) is 5.48. The molecule has 3 unspecified atom stereocenters. The number of anilines is 1. The number of likely N-dealkylation sites (N-methyl/N-ethyl adjacent to an activating group) is 1. The van der Waals surface area contributed by atoms with E-state index in [0.717, 1.165) is 58.5 Å². The maximum atomic E-state index is 12.8. The Bertz CT molecular complexity index is 1450. The van der Waals surface area contributed by atoms with Crippen molar-refractivity contribution < 1.29 is 19.4 Å². The third-order valence-corrected chi connectivity index (χ3v) is 9.01. The van der Waals surface area contributed by atoms with Crippen molar-refractivity contribution in [2.45, 2.75) is 42.4 Å². The Morgan fingerprint density at radius 2 is 2.18 bits per heavy atom. The molecule has 0 radical (unpaired) electrons. The van der Waals surface area contributed by atoms with Crippen LogP contribution in [0.2, 0.25) is 0 Å². The van der Waals surface area contributed by atoms with Gasteiger partial charge in [-0.2, -0.15) is 0 Å². The van der Waals surface area contributed by atoms with Gasteiger partial charge in [-0.3, -0.25) is 4.79 Å². The summed E-state index contributed by atoms with van der Waals surface area (Å²) in [5.41, 5.74) is 4.63. The molecule has 1 saturated heterocycles. The Kier molecular flexibility index (Phi) is 3.04. The summed E-state index contributed by atoms with van der Waals surface area (Å²) >= 11 is 0. The van der Waals surface area contributed by atoms with Crippen molar-refractivity contribution in [3.05, 3.63) is 58.3 Å². The van der Waals surface area contributed by atoms with Gasteiger partial charge in [0.05, 0.1) is 40.6 Å². The molecular formula is C26H23N3O4. The molecule has 7 nitrogen and oxygen atoms in total. The van der Waals surface area contributed by atoms with Crippen LogP contribution in [0.25, 0.3) is 10.9 Å². The fourth-order valence-electron chi connectivity index (χ4n) is 7.62. The Hall–Kier alpha value is -3.16. The Balaban J connectivity index is 1.49. The van der Waals surface area contributed by atoms with Gasteiger partial charge < -0.3 is 24.8 Å². The van der Waals surface area contributed by atoms with Crippen molar-refractivity contribution in [2.24, 2.45) is 0 Å². The van der Waals surface area contributed by atoms with Crippen LogP contribution >= 0.6 is 0 Å². The molecule has 4 heterocycles. The Labute approximate surface area is 190 Å². The van der Waals surface area contributed by atoms with E-state index in [2.05, 4.69) is 23.3 Å². The number of nitrogens with one attached hydrogen (secondary N) is 1. The van der Waals surface area contributed by atoms with Gasteiger partial charge in [-0.05, 0) is 50.2 Å². The third kappa shape index (κ3) is 1.79. The monoisotopic (exact) mass is 441 g/mol. The van der Waals surface area contributed by atoms with E-state index >= 15 is 0 Å². The molecule has 0 saturated carbocycles.